The minimum atomic E-state index is -0.306. The lowest BCUT2D eigenvalue weighted by Gasteiger charge is -2.09. The van der Waals surface area contributed by atoms with Crippen molar-refractivity contribution < 1.29 is 13.9 Å². The maximum absolute atomic E-state index is 12.8. The molecule has 0 spiro atoms. The Morgan fingerprint density at radius 2 is 1.95 bits per heavy atom. The van der Waals surface area contributed by atoms with E-state index >= 15 is 0 Å². The molecule has 2 aromatic carbocycles. The number of carbonyl (C=O) groups is 1. The van der Waals surface area contributed by atoms with Gasteiger partial charge in [-0.1, -0.05) is 12.1 Å². The molecule has 0 radical (unpaired) electrons. The molecule has 0 unspecified atom stereocenters. The monoisotopic (exact) mass is 274 g/mol. The van der Waals surface area contributed by atoms with Crippen LogP contribution in [0.5, 0.6) is 5.75 Å². The summed E-state index contributed by atoms with van der Waals surface area (Å²) < 4.78 is 17.8. The summed E-state index contributed by atoms with van der Waals surface area (Å²) in [5.74, 6) is 0.00605. The molecule has 104 valence electrons. The Morgan fingerprint density at radius 3 is 2.55 bits per heavy atom. The highest BCUT2D eigenvalue weighted by atomic mass is 19.1. The molecule has 4 nitrogen and oxygen atoms in total. The summed E-state index contributed by atoms with van der Waals surface area (Å²) in [5, 5.41) is 2.73. The van der Waals surface area contributed by atoms with Crippen molar-refractivity contribution in [3.8, 4) is 5.75 Å². The van der Waals surface area contributed by atoms with Crippen LogP contribution in [0.3, 0.4) is 0 Å². The van der Waals surface area contributed by atoms with E-state index in [0.29, 0.717) is 23.5 Å². The topological polar surface area (TPSA) is 64.3 Å². The molecule has 0 aromatic heterocycles. The van der Waals surface area contributed by atoms with Crippen LogP contribution in [0.25, 0.3) is 0 Å². The van der Waals surface area contributed by atoms with Gasteiger partial charge in [-0.2, -0.15) is 0 Å². The maximum atomic E-state index is 12.8. The van der Waals surface area contributed by atoms with Gasteiger partial charge in [0.05, 0.1) is 12.7 Å². The first kappa shape index (κ1) is 13.9. The highest BCUT2D eigenvalue weighted by molar-refractivity contribution is 5.99. The molecular formula is C15H15FN2O2. The van der Waals surface area contributed by atoms with Gasteiger partial charge >= 0.3 is 0 Å². The van der Waals surface area contributed by atoms with Gasteiger partial charge in [0.25, 0.3) is 5.91 Å². The second-order valence-corrected chi connectivity index (χ2v) is 4.26. The SMILES string of the molecule is COc1ccc(C(=O)NCc2ccc(F)cc2)c(N)c1. The number of anilines is 1. The summed E-state index contributed by atoms with van der Waals surface area (Å²) in [6, 6.07) is 10.8. The number of halogens is 1. The first-order valence-corrected chi connectivity index (χ1v) is 6.06. The fourth-order valence-electron chi connectivity index (χ4n) is 1.75. The number of ether oxygens (including phenoxy) is 1. The van der Waals surface area contributed by atoms with E-state index in [1.807, 2.05) is 0 Å². The second kappa shape index (κ2) is 6.06. The fraction of sp³-hybridized carbons (Fsp3) is 0.133. The number of benzene rings is 2. The van der Waals surface area contributed by atoms with Gasteiger partial charge < -0.3 is 15.8 Å². The third kappa shape index (κ3) is 3.26. The number of rotatable bonds is 4. The van der Waals surface area contributed by atoms with Crippen molar-refractivity contribution in [3.05, 3.63) is 59.4 Å². The highest BCUT2D eigenvalue weighted by Crippen LogP contribution is 2.19. The Morgan fingerprint density at radius 1 is 1.25 bits per heavy atom. The molecule has 0 aliphatic heterocycles. The van der Waals surface area contributed by atoms with E-state index in [2.05, 4.69) is 5.32 Å². The number of methoxy groups -OCH3 is 1. The molecule has 0 atom stereocenters. The van der Waals surface area contributed by atoms with Crippen molar-refractivity contribution in [1.29, 1.82) is 0 Å². The molecule has 2 rings (SSSR count). The van der Waals surface area contributed by atoms with Crippen LogP contribution in [0.1, 0.15) is 15.9 Å². The van der Waals surface area contributed by atoms with Crippen LogP contribution in [-0.4, -0.2) is 13.0 Å². The maximum Gasteiger partial charge on any atom is 0.253 e. The van der Waals surface area contributed by atoms with Crippen molar-refractivity contribution in [2.24, 2.45) is 0 Å². The summed E-state index contributed by atoms with van der Waals surface area (Å²) >= 11 is 0. The lowest BCUT2D eigenvalue weighted by Crippen LogP contribution is -2.23. The molecule has 2 aromatic rings. The van der Waals surface area contributed by atoms with Gasteiger partial charge in [0, 0.05) is 18.3 Å². The van der Waals surface area contributed by atoms with E-state index in [-0.39, 0.29) is 11.7 Å². The zero-order valence-electron chi connectivity index (χ0n) is 11.0. The number of carbonyl (C=O) groups excluding carboxylic acids is 1. The molecule has 0 heterocycles. The summed E-state index contributed by atoms with van der Waals surface area (Å²) in [6.07, 6.45) is 0. The molecule has 0 aliphatic rings. The lowest BCUT2D eigenvalue weighted by atomic mass is 10.1. The summed E-state index contributed by atoms with van der Waals surface area (Å²) in [4.78, 5) is 12.0. The Kier molecular flexibility index (Phi) is 4.20. The van der Waals surface area contributed by atoms with Gasteiger partial charge in [-0.25, -0.2) is 4.39 Å². The number of nitrogens with one attached hydrogen (secondary N) is 1. The van der Waals surface area contributed by atoms with Gasteiger partial charge in [0.1, 0.15) is 11.6 Å². The van der Waals surface area contributed by atoms with Gasteiger partial charge in [0.15, 0.2) is 0 Å². The first-order valence-electron chi connectivity index (χ1n) is 6.06. The quantitative estimate of drug-likeness (QED) is 0.841. The Balaban J connectivity index is 2.03. The molecule has 0 saturated carbocycles. The van der Waals surface area contributed by atoms with E-state index in [1.165, 1.54) is 19.2 Å². The standard InChI is InChI=1S/C15H15FN2O2/c1-20-12-6-7-13(14(17)8-12)15(19)18-9-10-2-4-11(16)5-3-10/h2-8H,9,17H2,1H3,(H,18,19). The lowest BCUT2D eigenvalue weighted by molar-refractivity contribution is 0.0952. The number of nitrogen functional groups attached to an aromatic ring is 1. The van der Waals surface area contributed by atoms with Gasteiger partial charge in [-0.3, -0.25) is 4.79 Å². The summed E-state index contributed by atoms with van der Waals surface area (Å²) in [6.45, 7) is 0.310. The normalized spacial score (nSPS) is 10.1. The Bertz CT molecular complexity index is 612. The molecule has 20 heavy (non-hydrogen) atoms. The summed E-state index contributed by atoms with van der Waals surface area (Å²) in [7, 11) is 1.53. The zero-order valence-corrected chi connectivity index (χ0v) is 11.0. The second-order valence-electron chi connectivity index (χ2n) is 4.26. The molecule has 1 amide bonds. The average Bonchev–Trinajstić information content (AvgIpc) is 2.46. The molecule has 3 N–H and O–H groups in total. The Labute approximate surface area is 116 Å². The van der Waals surface area contributed by atoms with Crippen molar-refractivity contribution in [3.63, 3.8) is 0 Å². The molecule has 0 bridgehead atoms. The molecule has 0 fully saturated rings. The number of nitrogens with two attached hydrogens (primary N) is 1. The van der Waals surface area contributed by atoms with Crippen molar-refractivity contribution in [2.45, 2.75) is 6.54 Å². The predicted octanol–water partition coefficient (Wildman–Crippen LogP) is 2.35. The smallest absolute Gasteiger partial charge is 0.253 e. The van der Waals surface area contributed by atoms with E-state index in [0.717, 1.165) is 5.56 Å². The van der Waals surface area contributed by atoms with Crippen molar-refractivity contribution in [1.82, 2.24) is 5.32 Å². The minimum Gasteiger partial charge on any atom is -0.497 e. The van der Waals surface area contributed by atoms with Crippen LogP contribution < -0.4 is 15.8 Å². The fourth-order valence-corrected chi connectivity index (χ4v) is 1.75. The largest absolute Gasteiger partial charge is 0.497 e. The van der Waals surface area contributed by atoms with E-state index in [4.69, 9.17) is 10.5 Å². The third-order valence-electron chi connectivity index (χ3n) is 2.87. The van der Waals surface area contributed by atoms with Crippen molar-refractivity contribution in [2.75, 3.05) is 12.8 Å². The summed E-state index contributed by atoms with van der Waals surface area (Å²) in [5.41, 5.74) is 7.34. The number of hydrogen-bond acceptors (Lipinski definition) is 3. The Hall–Kier alpha value is -2.56. The van der Waals surface area contributed by atoms with Crippen LogP contribution in [0, 0.1) is 5.82 Å². The van der Waals surface area contributed by atoms with E-state index < -0.39 is 0 Å². The van der Waals surface area contributed by atoms with Crippen molar-refractivity contribution >= 4 is 11.6 Å². The van der Waals surface area contributed by atoms with E-state index in [1.54, 1.807) is 30.3 Å². The molecule has 0 aliphatic carbocycles. The minimum absolute atomic E-state index is 0.283. The zero-order chi connectivity index (χ0) is 14.5. The van der Waals surface area contributed by atoms with Gasteiger partial charge in [-0.15, -0.1) is 0 Å². The number of hydrogen-bond donors (Lipinski definition) is 2. The third-order valence-corrected chi connectivity index (χ3v) is 2.87. The molecule has 0 saturated heterocycles. The first-order chi connectivity index (χ1) is 9.60. The average molecular weight is 274 g/mol. The van der Waals surface area contributed by atoms with Crippen LogP contribution in [0.15, 0.2) is 42.5 Å². The number of amides is 1. The van der Waals surface area contributed by atoms with E-state index in [9.17, 15) is 9.18 Å². The van der Waals surface area contributed by atoms with Crippen LogP contribution in [0.4, 0.5) is 10.1 Å². The highest BCUT2D eigenvalue weighted by Gasteiger charge is 2.10. The van der Waals surface area contributed by atoms with Gasteiger partial charge in [-0.05, 0) is 29.8 Å². The molecular weight excluding hydrogens is 259 g/mol. The predicted molar refractivity (Wildman–Crippen MR) is 75.0 cm³/mol. The van der Waals surface area contributed by atoms with Crippen LogP contribution in [0.2, 0.25) is 0 Å². The van der Waals surface area contributed by atoms with Crippen LogP contribution in [-0.2, 0) is 6.54 Å². The molecule has 5 heteroatoms. The van der Waals surface area contributed by atoms with Gasteiger partial charge in [0.2, 0.25) is 0 Å². The van der Waals surface area contributed by atoms with Crippen LogP contribution >= 0.6 is 0 Å².